The fourth-order valence-electron chi connectivity index (χ4n) is 4.50. The first-order chi connectivity index (χ1) is 13.9. The Balaban J connectivity index is 1.50. The van der Waals surface area contributed by atoms with Crippen LogP contribution < -0.4 is 16.0 Å². The number of fused-ring (bicyclic) bond motifs is 1. The maximum absolute atomic E-state index is 13.1. The Bertz CT molecular complexity index is 875. The molecule has 1 aromatic rings. The van der Waals surface area contributed by atoms with Gasteiger partial charge < -0.3 is 10.6 Å². The summed E-state index contributed by atoms with van der Waals surface area (Å²) in [4.78, 5) is 50.6. The van der Waals surface area contributed by atoms with Crippen LogP contribution in [0.4, 0.5) is 0 Å². The molecular formula is C21H26N4O4. The molecular weight excluding hydrogens is 372 g/mol. The van der Waals surface area contributed by atoms with Crippen molar-refractivity contribution in [3.8, 4) is 0 Å². The van der Waals surface area contributed by atoms with E-state index in [0.29, 0.717) is 17.7 Å². The summed E-state index contributed by atoms with van der Waals surface area (Å²) in [6.07, 6.45) is 2.56. The summed E-state index contributed by atoms with van der Waals surface area (Å²) in [7, 11) is 0. The molecule has 29 heavy (non-hydrogen) atoms. The monoisotopic (exact) mass is 398 g/mol. The van der Waals surface area contributed by atoms with Crippen molar-refractivity contribution in [3.05, 3.63) is 34.9 Å². The highest BCUT2D eigenvalue weighted by Gasteiger charge is 2.45. The molecule has 3 aliphatic heterocycles. The van der Waals surface area contributed by atoms with Gasteiger partial charge in [-0.2, -0.15) is 0 Å². The third-order valence-corrected chi connectivity index (χ3v) is 6.11. The fourth-order valence-corrected chi connectivity index (χ4v) is 4.50. The molecule has 2 atom stereocenters. The van der Waals surface area contributed by atoms with Gasteiger partial charge in [0.25, 0.3) is 11.8 Å². The normalized spacial score (nSPS) is 27.2. The number of amides is 4. The van der Waals surface area contributed by atoms with E-state index in [1.807, 2.05) is 6.07 Å². The number of piperidine rings is 2. The summed E-state index contributed by atoms with van der Waals surface area (Å²) in [6, 6.07) is 4.29. The van der Waals surface area contributed by atoms with Crippen LogP contribution >= 0.6 is 0 Å². The number of benzene rings is 1. The molecule has 2 unspecified atom stereocenters. The third-order valence-electron chi connectivity index (χ3n) is 6.11. The van der Waals surface area contributed by atoms with Gasteiger partial charge in [-0.05, 0) is 42.9 Å². The van der Waals surface area contributed by atoms with Crippen molar-refractivity contribution in [2.75, 3.05) is 19.6 Å². The van der Waals surface area contributed by atoms with E-state index in [9.17, 15) is 19.2 Å². The van der Waals surface area contributed by atoms with E-state index in [1.165, 1.54) is 0 Å². The lowest BCUT2D eigenvalue weighted by molar-refractivity contribution is -0.136. The average Bonchev–Trinajstić information content (AvgIpc) is 2.94. The zero-order valence-corrected chi connectivity index (χ0v) is 16.5. The number of nitrogens with zero attached hydrogens (tertiary/aromatic N) is 1. The van der Waals surface area contributed by atoms with Gasteiger partial charge in [-0.15, -0.1) is 0 Å². The van der Waals surface area contributed by atoms with E-state index in [0.717, 1.165) is 42.9 Å². The molecule has 3 heterocycles. The minimum atomic E-state index is -0.937. The second-order valence-electron chi connectivity index (χ2n) is 8.48. The molecule has 0 aliphatic carbocycles. The van der Waals surface area contributed by atoms with Crippen LogP contribution in [0.25, 0.3) is 0 Å². The molecule has 0 radical (unpaired) electrons. The van der Waals surface area contributed by atoms with Crippen LogP contribution in [0.5, 0.6) is 0 Å². The fraction of sp³-hybridized carbons (Fsp3) is 0.524. The van der Waals surface area contributed by atoms with Gasteiger partial charge in [-0.3, -0.25) is 29.4 Å². The number of rotatable bonds is 5. The Morgan fingerprint density at radius 1 is 1.21 bits per heavy atom. The molecule has 0 bridgehead atoms. The molecule has 3 N–H and O–H groups in total. The van der Waals surface area contributed by atoms with Gasteiger partial charge in [0.1, 0.15) is 6.04 Å². The van der Waals surface area contributed by atoms with E-state index in [1.54, 1.807) is 12.1 Å². The zero-order chi connectivity index (χ0) is 20.6. The van der Waals surface area contributed by atoms with Gasteiger partial charge in [-0.1, -0.05) is 19.1 Å². The van der Waals surface area contributed by atoms with Crippen molar-refractivity contribution in [1.29, 1.82) is 0 Å². The quantitative estimate of drug-likeness (QED) is 0.626. The molecule has 154 valence electrons. The highest BCUT2D eigenvalue weighted by Crippen LogP contribution is 2.30. The van der Waals surface area contributed by atoms with Crippen LogP contribution in [-0.2, 0) is 16.1 Å². The SMILES string of the molecule is CC1(CNCc2cccc3c2C(=O)N(C2CCC(=O)NC2=O)C3=O)CCCNC1. The second-order valence-corrected chi connectivity index (χ2v) is 8.48. The zero-order valence-electron chi connectivity index (χ0n) is 16.5. The molecule has 0 spiro atoms. The van der Waals surface area contributed by atoms with E-state index < -0.39 is 23.8 Å². The van der Waals surface area contributed by atoms with Crippen molar-refractivity contribution in [3.63, 3.8) is 0 Å². The van der Waals surface area contributed by atoms with Crippen LogP contribution in [0.3, 0.4) is 0 Å². The molecule has 8 nitrogen and oxygen atoms in total. The van der Waals surface area contributed by atoms with Crippen molar-refractivity contribution in [2.24, 2.45) is 5.41 Å². The summed E-state index contributed by atoms with van der Waals surface area (Å²) in [5, 5.41) is 9.08. The number of hydrogen-bond donors (Lipinski definition) is 3. The molecule has 4 amide bonds. The van der Waals surface area contributed by atoms with Gasteiger partial charge in [-0.25, -0.2) is 0 Å². The molecule has 1 aromatic carbocycles. The van der Waals surface area contributed by atoms with Crippen molar-refractivity contribution in [1.82, 2.24) is 20.9 Å². The summed E-state index contributed by atoms with van der Waals surface area (Å²) < 4.78 is 0. The summed E-state index contributed by atoms with van der Waals surface area (Å²) in [6.45, 7) is 5.52. The lowest BCUT2D eigenvalue weighted by Crippen LogP contribution is -2.54. The number of carbonyl (C=O) groups is 4. The molecule has 3 aliphatic rings. The standard InChI is InChI=1S/C21H26N4O4/c1-21(8-3-9-22-11-21)12-23-10-13-4-2-5-14-17(13)20(29)25(19(14)28)15-6-7-16(26)24-18(15)27/h2,4-5,15,22-23H,3,6-12H2,1H3,(H,24,26,27). The molecule has 2 fully saturated rings. The first-order valence-electron chi connectivity index (χ1n) is 10.1. The van der Waals surface area contributed by atoms with Crippen molar-refractivity contribution < 1.29 is 19.2 Å². The smallest absolute Gasteiger partial charge is 0.262 e. The summed E-state index contributed by atoms with van der Waals surface area (Å²) >= 11 is 0. The highest BCUT2D eigenvalue weighted by atomic mass is 16.2. The third kappa shape index (κ3) is 3.70. The van der Waals surface area contributed by atoms with E-state index in [4.69, 9.17) is 0 Å². The molecule has 0 aromatic heterocycles. The largest absolute Gasteiger partial charge is 0.316 e. The molecule has 4 rings (SSSR count). The van der Waals surface area contributed by atoms with Crippen LogP contribution in [0.15, 0.2) is 18.2 Å². The van der Waals surface area contributed by atoms with Crippen LogP contribution in [0, 0.1) is 5.41 Å². The van der Waals surface area contributed by atoms with Gasteiger partial charge in [0.05, 0.1) is 11.1 Å². The maximum Gasteiger partial charge on any atom is 0.262 e. The Kier molecular flexibility index (Phi) is 5.23. The van der Waals surface area contributed by atoms with E-state index >= 15 is 0 Å². The Morgan fingerprint density at radius 2 is 2.03 bits per heavy atom. The van der Waals surface area contributed by atoms with Gasteiger partial charge in [0, 0.05) is 26.1 Å². The number of hydrogen-bond acceptors (Lipinski definition) is 6. The molecule has 0 saturated carbocycles. The first-order valence-corrected chi connectivity index (χ1v) is 10.1. The second kappa shape index (κ2) is 7.68. The van der Waals surface area contributed by atoms with Crippen molar-refractivity contribution >= 4 is 23.6 Å². The molecule has 2 saturated heterocycles. The maximum atomic E-state index is 13.1. The predicted octanol–water partition coefficient (Wildman–Crippen LogP) is 0.567. The van der Waals surface area contributed by atoms with E-state index in [-0.39, 0.29) is 24.2 Å². The average molecular weight is 398 g/mol. The van der Waals surface area contributed by atoms with Crippen LogP contribution in [0.2, 0.25) is 0 Å². The number of nitrogens with one attached hydrogen (secondary N) is 3. The molecule has 8 heteroatoms. The van der Waals surface area contributed by atoms with Gasteiger partial charge in [0.15, 0.2) is 0 Å². The predicted molar refractivity (Wildman–Crippen MR) is 105 cm³/mol. The Hall–Kier alpha value is -2.58. The number of imide groups is 2. The Morgan fingerprint density at radius 3 is 2.76 bits per heavy atom. The van der Waals surface area contributed by atoms with Gasteiger partial charge >= 0.3 is 0 Å². The van der Waals surface area contributed by atoms with E-state index in [2.05, 4.69) is 22.9 Å². The first kappa shape index (κ1) is 19.7. The van der Waals surface area contributed by atoms with Crippen molar-refractivity contribution in [2.45, 2.75) is 45.2 Å². The topological polar surface area (TPSA) is 108 Å². The Labute approximate surface area is 169 Å². The number of carbonyl (C=O) groups excluding carboxylic acids is 4. The minimum absolute atomic E-state index is 0.116. The highest BCUT2D eigenvalue weighted by molar-refractivity contribution is 6.24. The van der Waals surface area contributed by atoms with Gasteiger partial charge in [0.2, 0.25) is 11.8 Å². The minimum Gasteiger partial charge on any atom is -0.316 e. The lowest BCUT2D eigenvalue weighted by Gasteiger charge is -2.34. The van der Waals surface area contributed by atoms with Crippen LogP contribution in [0.1, 0.15) is 58.9 Å². The summed E-state index contributed by atoms with van der Waals surface area (Å²) in [5.74, 6) is -1.89. The van der Waals surface area contributed by atoms with Crippen LogP contribution in [-0.4, -0.2) is 54.2 Å². The summed E-state index contributed by atoms with van der Waals surface area (Å²) in [5.41, 5.74) is 1.60. The lowest BCUT2D eigenvalue weighted by atomic mass is 9.83.